The van der Waals surface area contributed by atoms with E-state index in [4.69, 9.17) is 42.6 Å². The quantitative estimate of drug-likeness (QED) is 0.111. The number of hydrogen-bond donors (Lipinski definition) is 0. The molecule has 9 heteroatoms. The van der Waals surface area contributed by atoms with Gasteiger partial charge in [-0.25, -0.2) is 0 Å². The minimum Gasteiger partial charge on any atom is -0.493 e. The van der Waals surface area contributed by atoms with Crippen LogP contribution in [0.1, 0.15) is 124 Å². The number of para-hydroxylation sites is 8. The highest BCUT2D eigenvalue weighted by Gasteiger charge is 2.24. The first-order valence-electron chi connectivity index (χ1n) is 26.3. The first-order chi connectivity index (χ1) is 35.0. The Hall–Kier alpha value is -6.32. The third-order valence-corrected chi connectivity index (χ3v) is 13.0. The van der Waals surface area contributed by atoms with Crippen molar-refractivity contribution in [2.75, 3.05) is 52.9 Å². The molecule has 2 unspecified atom stereocenters. The smallest absolute Gasteiger partial charge is 0.161 e. The van der Waals surface area contributed by atoms with Crippen LogP contribution in [0.2, 0.25) is 0 Å². The van der Waals surface area contributed by atoms with E-state index in [0.29, 0.717) is 102 Å². The molecule has 10 bridgehead atoms. The van der Waals surface area contributed by atoms with E-state index in [1.807, 2.05) is 48.5 Å². The van der Waals surface area contributed by atoms with Crippen molar-refractivity contribution < 1.29 is 42.6 Å². The first-order valence-corrected chi connectivity index (χ1v) is 26.3. The van der Waals surface area contributed by atoms with E-state index in [1.165, 1.54) is 0 Å². The van der Waals surface area contributed by atoms with Crippen molar-refractivity contribution in [3.63, 3.8) is 0 Å². The average Bonchev–Trinajstić information content (AvgIpc) is 3.38. The molecule has 0 fully saturated rings. The van der Waals surface area contributed by atoms with Gasteiger partial charge in [0.25, 0.3) is 0 Å². The van der Waals surface area contributed by atoms with Crippen LogP contribution in [0, 0.1) is 0 Å². The highest BCUT2D eigenvalue weighted by Crippen LogP contribution is 2.40. The van der Waals surface area contributed by atoms with Crippen LogP contribution in [0.3, 0.4) is 0 Å². The molecule has 0 N–H and O–H groups in total. The maximum atomic E-state index is 7.16. The lowest BCUT2D eigenvalue weighted by Crippen LogP contribution is -2.26. The van der Waals surface area contributed by atoms with E-state index in [2.05, 4.69) is 100 Å². The van der Waals surface area contributed by atoms with Gasteiger partial charge in [0.15, 0.2) is 23.0 Å². The summed E-state index contributed by atoms with van der Waals surface area (Å²) in [7, 11) is 0. The van der Waals surface area contributed by atoms with Crippen molar-refractivity contribution >= 4 is 0 Å². The summed E-state index contributed by atoms with van der Waals surface area (Å²) in [4.78, 5) is 0. The molecule has 6 aromatic rings. The number of fused-ring (bicyclic) bond motifs is 12. The van der Waals surface area contributed by atoms with Gasteiger partial charge in [0, 0.05) is 25.7 Å². The summed E-state index contributed by atoms with van der Waals surface area (Å²) in [5.41, 5.74) is 8.76. The van der Waals surface area contributed by atoms with Gasteiger partial charge < -0.3 is 42.6 Å². The fraction of sp³-hybridized carbons (Fsp3) is 0.419. The van der Waals surface area contributed by atoms with Crippen molar-refractivity contribution in [1.82, 2.24) is 0 Å². The summed E-state index contributed by atoms with van der Waals surface area (Å²) in [5.74, 6) is 6.25. The van der Waals surface area contributed by atoms with Gasteiger partial charge in [0.2, 0.25) is 0 Å². The fourth-order valence-electron chi connectivity index (χ4n) is 9.42. The number of hydrogen-bond acceptors (Lipinski definition) is 9. The zero-order valence-electron chi connectivity index (χ0n) is 42.5. The standard InChI is InChI=1S/C62H74O9/c1-5-9-27-53-43-68-61-49-23-17-24-50(61)40-46-20-16-22-48(60(46)67-34-8-4)42-52-26-18-25-51(41-47-21-15-19-45(39-49)59(47)66-33-7-3)62(52)69-44-54(28-10-6-2)71-58-32-14-12-30-56(58)65-38-36-63-35-37-64-55-29-11-13-31-57(55)70-53/h11-26,29-32,53-54H,5-10,27-28,33-44H2,1-4H3. The Labute approximate surface area is 422 Å². The molecule has 0 saturated heterocycles. The molecule has 2 atom stereocenters. The van der Waals surface area contributed by atoms with E-state index in [9.17, 15) is 0 Å². The third-order valence-electron chi connectivity index (χ3n) is 13.0. The summed E-state index contributed by atoms with van der Waals surface area (Å²) < 4.78 is 60.3. The lowest BCUT2D eigenvalue weighted by molar-refractivity contribution is 0.0702. The van der Waals surface area contributed by atoms with Crippen LogP contribution in [0.25, 0.3) is 0 Å². The Morgan fingerprint density at radius 3 is 1.08 bits per heavy atom. The number of benzene rings is 6. The first kappa shape index (κ1) is 51.0. The second-order valence-corrected chi connectivity index (χ2v) is 18.6. The van der Waals surface area contributed by atoms with Gasteiger partial charge >= 0.3 is 0 Å². The second kappa shape index (κ2) is 26.8. The predicted molar refractivity (Wildman–Crippen MR) is 282 cm³/mol. The minimum absolute atomic E-state index is 0.239. The number of ether oxygens (including phenoxy) is 9. The van der Waals surface area contributed by atoms with Crippen molar-refractivity contribution in [1.29, 1.82) is 0 Å². The van der Waals surface area contributed by atoms with Gasteiger partial charge in [-0.15, -0.1) is 0 Å². The van der Waals surface area contributed by atoms with E-state index in [1.54, 1.807) is 0 Å². The average molecular weight is 963 g/mol. The SMILES string of the molecule is CCCCC1COc2c3cccc2Cc2cccc(c2OCCC)Cc2cccc(c2OCC(CCCC)Oc2ccccc2OCCOCCOc2ccccc2O1)Cc1cccc(c1OCCC)C3. The highest BCUT2D eigenvalue weighted by atomic mass is 16.6. The molecule has 9 rings (SSSR count). The van der Waals surface area contributed by atoms with Crippen LogP contribution >= 0.6 is 0 Å². The molecule has 71 heavy (non-hydrogen) atoms. The maximum absolute atomic E-state index is 7.16. The molecular weight excluding hydrogens is 889 g/mol. The van der Waals surface area contributed by atoms with Gasteiger partial charge in [-0.3, -0.25) is 0 Å². The lowest BCUT2D eigenvalue weighted by Gasteiger charge is -2.25. The third kappa shape index (κ3) is 14.0. The van der Waals surface area contributed by atoms with E-state index in [-0.39, 0.29) is 12.2 Å². The lowest BCUT2D eigenvalue weighted by atomic mass is 9.91. The van der Waals surface area contributed by atoms with Crippen LogP contribution in [0.15, 0.2) is 121 Å². The summed E-state index contributed by atoms with van der Waals surface area (Å²) in [6, 6.07) is 42.0. The Morgan fingerprint density at radius 2 is 0.732 bits per heavy atom. The van der Waals surface area contributed by atoms with Gasteiger partial charge in [0.1, 0.15) is 61.6 Å². The highest BCUT2D eigenvalue weighted by molar-refractivity contribution is 5.56. The molecule has 376 valence electrons. The molecule has 9 nitrogen and oxygen atoms in total. The van der Waals surface area contributed by atoms with Gasteiger partial charge in [-0.1, -0.05) is 138 Å². The van der Waals surface area contributed by atoms with Crippen LogP contribution in [-0.2, 0) is 30.4 Å². The molecule has 0 radical (unpaired) electrons. The summed E-state index contributed by atoms with van der Waals surface area (Å²) in [5, 5.41) is 0. The summed E-state index contributed by atoms with van der Waals surface area (Å²) >= 11 is 0. The summed E-state index contributed by atoms with van der Waals surface area (Å²) in [6.07, 6.45) is 9.41. The molecule has 2 aliphatic heterocycles. The molecule has 3 aliphatic rings. The van der Waals surface area contributed by atoms with E-state index < -0.39 is 0 Å². The largest absolute Gasteiger partial charge is 0.493 e. The zero-order chi connectivity index (χ0) is 49.0. The number of rotatable bonds is 12. The molecule has 0 amide bonds. The van der Waals surface area contributed by atoms with Crippen LogP contribution in [0.4, 0.5) is 0 Å². The normalized spacial score (nSPS) is 16.5. The Kier molecular flexibility index (Phi) is 19.2. The van der Waals surface area contributed by atoms with E-state index >= 15 is 0 Å². The fourth-order valence-corrected chi connectivity index (χ4v) is 9.42. The molecular formula is C62H74O9. The van der Waals surface area contributed by atoms with Gasteiger partial charge in [-0.05, 0) is 107 Å². The molecule has 1 aliphatic carbocycles. The molecule has 6 aromatic carbocycles. The molecule has 2 heterocycles. The Balaban J connectivity index is 1.28. The van der Waals surface area contributed by atoms with Crippen LogP contribution in [0.5, 0.6) is 46.0 Å². The van der Waals surface area contributed by atoms with Crippen molar-refractivity contribution in [2.24, 2.45) is 0 Å². The Morgan fingerprint density at radius 1 is 0.380 bits per heavy atom. The van der Waals surface area contributed by atoms with Crippen molar-refractivity contribution in [2.45, 2.75) is 117 Å². The molecule has 0 saturated carbocycles. The van der Waals surface area contributed by atoms with Crippen molar-refractivity contribution in [3.05, 3.63) is 166 Å². The zero-order valence-corrected chi connectivity index (χ0v) is 42.5. The van der Waals surface area contributed by atoms with Crippen LogP contribution in [-0.4, -0.2) is 65.1 Å². The van der Waals surface area contributed by atoms with Gasteiger partial charge in [0.05, 0.1) is 26.4 Å². The monoisotopic (exact) mass is 963 g/mol. The van der Waals surface area contributed by atoms with Crippen LogP contribution < -0.4 is 37.9 Å². The Bertz CT molecular complexity index is 2330. The molecule has 0 spiro atoms. The topological polar surface area (TPSA) is 83.1 Å². The second-order valence-electron chi connectivity index (χ2n) is 18.6. The van der Waals surface area contributed by atoms with Gasteiger partial charge in [-0.2, -0.15) is 0 Å². The molecule has 0 aromatic heterocycles. The maximum Gasteiger partial charge on any atom is 0.161 e. The minimum atomic E-state index is -0.239. The van der Waals surface area contributed by atoms with Crippen molar-refractivity contribution in [3.8, 4) is 46.0 Å². The van der Waals surface area contributed by atoms with E-state index in [0.717, 1.165) is 119 Å². The number of unbranched alkanes of at least 4 members (excludes halogenated alkanes) is 2. The summed E-state index contributed by atoms with van der Waals surface area (Å²) in [6.45, 7) is 12.1. The predicted octanol–water partition coefficient (Wildman–Crippen LogP) is 13.8.